The van der Waals surface area contributed by atoms with Crippen LogP contribution < -0.4 is 10.6 Å². The summed E-state index contributed by atoms with van der Waals surface area (Å²) in [4.78, 5) is 7.15. The number of piperazine rings is 1. The Hall–Kier alpha value is -2.42. The summed E-state index contributed by atoms with van der Waals surface area (Å²) in [6, 6.07) is 15.4. The number of rotatable bonds is 7. The van der Waals surface area contributed by atoms with E-state index in [1.807, 2.05) is 38.2 Å². The summed E-state index contributed by atoms with van der Waals surface area (Å²) < 4.78 is 28.1. The van der Waals surface area contributed by atoms with Crippen molar-refractivity contribution >= 4 is 16.0 Å². The lowest BCUT2D eigenvalue weighted by Crippen LogP contribution is -2.47. The molecule has 2 N–H and O–H groups in total. The van der Waals surface area contributed by atoms with Gasteiger partial charge in [0.25, 0.3) is 0 Å². The van der Waals surface area contributed by atoms with Crippen LogP contribution in [-0.4, -0.2) is 63.4 Å². The number of aryl methyl sites for hydroxylation is 1. The predicted octanol–water partition coefficient (Wildman–Crippen LogP) is 2.19. The number of likely N-dealkylation sites (N-methyl/N-ethyl adjacent to an activating group) is 1. The first-order chi connectivity index (χ1) is 14.9. The van der Waals surface area contributed by atoms with E-state index >= 15 is 0 Å². The predicted molar refractivity (Wildman–Crippen MR) is 126 cm³/mol. The van der Waals surface area contributed by atoms with Gasteiger partial charge in [-0.15, -0.1) is 0 Å². The van der Waals surface area contributed by atoms with Crippen LogP contribution in [-0.2, 0) is 23.1 Å². The number of sulfonamides is 1. The van der Waals surface area contributed by atoms with Crippen LogP contribution in [0.5, 0.6) is 0 Å². The normalized spacial score (nSPS) is 16.3. The molecule has 0 atom stereocenters. The zero-order valence-electron chi connectivity index (χ0n) is 18.6. The van der Waals surface area contributed by atoms with Crippen molar-refractivity contribution < 1.29 is 8.42 Å². The molecule has 0 unspecified atom stereocenters. The molecule has 0 spiro atoms. The minimum Gasteiger partial charge on any atom is -0.357 e. The highest BCUT2D eigenvalue weighted by molar-refractivity contribution is 7.89. The number of nitrogens with one attached hydrogen (secondary N) is 2. The minimum atomic E-state index is -3.54. The Morgan fingerprint density at radius 3 is 2.29 bits per heavy atom. The lowest BCUT2D eigenvalue weighted by Gasteiger charge is -2.32. The smallest absolute Gasteiger partial charge is 0.243 e. The van der Waals surface area contributed by atoms with E-state index in [1.54, 1.807) is 16.4 Å². The van der Waals surface area contributed by atoms with Crippen LogP contribution >= 0.6 is 0 Å². The van der Waals surface area contributed by atoms with Gasteiger partial charge < -0.3 is 15.5 Å². The first-order valence-electron chi connectivity index (χ1n) is 10.7. The van der Waals surface area contributed by atoms with Crippen molar-refractivity contribution in [2.75, 3.05) is 39.8 Å². The van der Waals surface area contributed by atoms with E-state index in [2.05, 4.69) is 39.6 Å². The van der Waals surface area contributed by atoms with E-state index in [4.69, 9.17) is 0 Å². The molecule has 0 radical (unpaired) electrons. The molecule has 1 fully saturated rings. The maximum absolute atomic E-state index is 13.3. The largest absolute Gasteiger partial charge is 0.357 e. The first-order valence-corrected chi connectivity index (χ1v) is 12.2. The van der Waals surface area contributed by atoms with Crippen molar-refractivity contribution in [2.45, 2.75) is 31.8 Å². The van der Waals surface area contributed by atoms with Gasteiger partial charge in [0.2, 0.25) is 10.0 Å². The minimum absolute atomic E-state index is 0.284. The molecule has 0 saturated carbocycles. The molecule has 0 aliphatic carbocycles. The number of hydrogen-bond acceptors (Lipinski definition) is 4. The van der Waals surface area contributed by atoms with Crippen LogP contribution in [0.15, 0.2) is 58.4 Å². The van der Waals surface area contributed by atoms with Gasteiger partial charge in [0, 0.05) is 39.3 Å². The molecule has 31 heavy (non-hydrogen) atoms. The molecule has 1 saturated heterocycles. The summed E-state index contributed by atoms with van der Waals surface area (Å²) in [5, 5.41) is 6.59. The van der Waals surface area contributed by atoms with E-state index in [9.17, 15) is 8.42 Å². The van der Waals surface area contributed by atoms with E-state index < -0.39 is 10.0 Å². The molecular formula is C23H33N5O2S. The molecule has 8 heteroatoms. The summed E-state index contributed by atoms with van der Waals surface area (Å²) in [6.07, 6.45) is 0. The zero-order valence-corrected chi connectivity index (χ0v) is 19.5. The first kappa shape index (κ1) is 23.2. The second-order valence-electron chi connectivity index (χ2n) is 7.79. The maximum atomic E-state index is 13.3. The molecule has 0 amide bonds. The lowest BCUT2D eigenvalue weighted by atomic mass is 10.1. The Morgan fingerprint density at radius 1 is 0.968 bits per heavy atom. The van der Waals surface area contributed by atoms with Gasteiger partial charge in [-0.1, -0.05) is 42.5 Å². The van der Waals surface area contributed by atoms with Crippen molar-refractivity contribution in [3.05, 3.63) is 65.2 Å². The van der Waals surface area contributed by atoms with E-state index in [1.165, 1.54) is 11.1 Å². The van der Waals surface area contributed by atoms with Crippen LogP contribution in [0.4, 0.5) is 0 Å². The zero-order chi connectivity index (χ0) is 22.3. The second-order valence-corrected chi connectivity index (χ2v) is 9.70. The van der Waals surface area contributed by atoms with E-state index in [-0.39, 0.29) is 6.54 Å². The Bertz CT molecular complexity index is 999. The van der Waals surface area contributed by atoms with Crippen molar-refractivity contribution in [3.63, 3.8) is 0 Å². The van der Waals surface area contributed by atoms with Gasteiger partial charge in [0.05, 0.1) is 11.4 Å². The third kappa shape index (κ3) is 6.06. The van der Waals surface area contributed by atoms with Crippen LogP contribution in [0.2, 0.25) is 0 Å². The molecule has 0 bridgehead atoms. The third-order valence-electron chi connectivity index (χ3n) is 5.51. The van der Waals surface area contributed by atoms with Crippen molar-refractivity contribution in [3.8, 4) is 0 Å². The van der Waals surface area contributed by atoms with Crippen molar-refractivity contribution in [1.29, 1.82) is 0 Å². The molecule has 168 valence electrons. The fourth-order valence-electron chi connectivity index (χ4n) is 3.55. The van der Waals surface area contributed by atoms with Crippen LogP contribution in [0, 0.1) is 6.92 Å². The quantitative estimate of drug-likeness (QED) is 0.507. The van der Waals surface area contributed by atoms with Gasteiger partial charge in [0.15, 0.2) is 5.96 Å². The number of nitrogens with zero attached hydrogens (tertiary/aromatic N) is 3. The summed E-state index contributed by atoms with van der Waals surface area (Å²) >= 11 is 0. The van der Waals surface area contributed by atoms with Gasteiger partial charge in [-0.3, -0.25) is 0 Å². The summed E-state index contributed by atoms with van der Waals surface area (Å²) in [7, 11) is -1.53. The Morgan fingerprint density at radius 2 is 1.61 bits per heavy atom. The SMILES string of the molecule is CCNC(=NCc1ccccc1S(=O)(=O)N1CCN(C)CC1)NCc1ccccc1C. The van der Waals surface area contributed by atoms with E-state index in [0.29, 0.717) is 36.1 Å². The summed E-state index contributed by atoms with van der Waals surface area (Å²) in [5.41, 5.74) is 3.12. The summed E-state index contributed by atoms with van der Waals surface area (Å²) in [5.74, 6) is 0.664. The fourth-order valence-corrected chi connectivity index (χ4v) is 5.18. The Kier molecular flexibility index (Phi) is 8.06. The molecule has 3 rings (SSSR count). The number of aliphatic imine (C=N–C) groups is 1. The Balaban J connectivity index is 1.76. The number of hydrogen-bond donors (Lipinski definition) is 2. The Labute approximate surface area is 186 Å². The standard InChI is InChI=1S/C23H33N5O2S/c1-4-24-23(25-17-20-10-6-5-9-19(20)2)26-18-21-11-7-8-12-22(21)31(29,30)28-15-13-27(3)14-16-28/h5-12H,4,13-18H2,1-3H3,(H2,24,25,26). The van der Waals surface area contributed by atoms with Crippen LogP contribution in [0.1, 0.15) is 23.6 Å². The molecular weight excluding hydrogens is 410 g/mol. The number of guanidine groups is 1. The summed E-state index contributed by atoms with van der Waals surface area (Å²) in [6.45, 7) is 8.26. The highest BCUT2D eigenvalue weighted by Gasteiger charge is 2.29. The van der Waals surface area contributed by atoms with Crippen LogP contribution in [0.3, 0.4) is 0 Å². The highest BCUT2D eigenvalue weighted by Crippen LogP contribution is 2.22. The molecule has 2 aromatic rings. The third-order valence-corrected chi connectivity index (χ3v) is 7.51. The molecule has 1 heterocycles. The van der Waals surface area contributed by atoms with Gasteiger partial charge in [-0.05, 0) is 43.7 Å². The van der Waals surface area contributed by atoms with E-state index in [0.717, 1.165) is 19.6 Å². The monoisotopic (exact) mass is 443 g/mol. The topological polar surface area (TPSA) is 77.0 Å². The van der Waals surface area contributed by atoms with Crippen molar-refractivity contribution in [1.82, 2.24) is 19.8 Å². The maximum Gasteiger partial charge on any atom is 0.243 e. The van der Waals surface area contributed by atoms with Gasteiger partial charge in [-0.25, -0.2) is 13.4 Å². The fraction of sp³-hybridized carbons (Fsp3) is 0.435. The molecule has 2 aromatic carbocycles. The molecule has 7 nitrogen and oxygen atoms in total. The average molecular weight is 444 g/mol. The second kappa shape index (κ2) is 10.7. The van der Waals surface area contributed by atoms with Gasteiger partial charge >= 0.3 is 0 Å². The average Bonchev–Trinajstić information content (AvgIpc) is 2.77. The van der Waals surface area contributed by atoms with Gasteiger partial charge in [-0.2, -0.15) is 4.31 Å². The molecule has 1 aliphatic heterocycles. The van der Waals surface area contributed by atoms with Crippen LogP contribution in [0.25, 0.3) is 0 Å². The number of benzene rings is 2. The molecule has 1 aliphatic rings. The van der Waals surface area contributed by atoms with Gasteiger partial charge in [0.1, 0.15) is 0 Å². The highest BCUT2D eigenvalue weighted by atomic mass is 32.2. The molecule has 0 aromatic heterocycles. The van der Waals surface area contributed by atoms with Crippen molar-refractivity contribution in [2.24, 2.45) is 4.99 Å². The lowest BCUT2D eigenvalue weighted by molar-refractivity contribution is 0.222.